The highest BCUT2D eigenvalue weighted by Gasteiger charge is 1.99. The smallest absolute Gasteiger partial charge is 0.0716 e. The molecule has 88 valence electrons. The Hall–Kier alpha value is -1.81. The average molecular weight is 246 g/mol. The van der Waals surface area contributed by atoms with E-state index in [1.54, 1.807) is 23.5 Å². The van der Waals surface area contributed by atoms with Gasteiger partial charge in [-0.25, -0.2) is 0 Å². The molecule has 3 nitrogen and oxygen atoms in total. The third-order valence-electron chi connectivity index (χ3n) is 2.36. The van der Waals surface area contributed by atoms with Gasteiger partial charge in [-0.2, -0.15) is 0 Å². The zero-order valence-corrected chi connectivity index (χ0v) is 10.2. The van der Waals surface area contributed by atoms with Gasteiger partial charge in [-0.1, -0.05) is 12.1 Å². The fourth-order valence-electron chi connectivity index (χ4n) is 1.53. The van der Waals surface area contributed by atoms with E-state index in [0.717, 1.165) is 5.69 Å². The van der Waals surface area contributed by atoms with Crippen LogP contribution in [0.15, 0.2) is 36.4 Å². The first kappa shape index (κ1) is 11.7. The molecule has 0 bridgehead atoms. The number of aromatic carboxylic acids is 1. The van der Waals surface area contributed by atoms with E-state index >= 15 is 0 Å². The lowest BCUT2D eigenvalue weighted by atomic mass is 10.2. The van der Waals surface area contributed by atoms with Gasteiger partial charge < -0.3 is 15.2 Å². The largest absolute Gasteiger partial charge is 0.545 e. The number of rotatable bonds is 4. The van der Waals surface area contributed by atoms with Gasteiger partial charge in [0.1, 0.15) is 0 Å². The first-order valence-corrected chi connectivity index (χ1v) is 6.07. The Morgan fingerprint density at radius 2 is 2.18 bits per heavy atom. The molecule has 0 aliphatic rings. The van der Waals surface area contributed by atoms with Crippen molar-refractivity contribution in [3.63, 3.8) is 0 Å². The summed E-state index contributed by atoms with van der Waals surface area (Å²) in [5.41, 5.74) is 0.982. The second-order valence-corrected chi connectivity index (χ2v) is 5.11. The number of hydrogen-bond donors (Lipinski definition) is 1. The quantitative estimate of drug-likeness (QED) is 0.898. The maximum Gasteiger partial charge on any atom is 0.0716 e. The van der Waals surface area contributed by atoms with E-state index < -0.39 is 5.97 Å². The molecule has 17 heavy (non-hydrogen) atoms. The number of hydrogen-bond acceptors (Lipinski definition) is 4. The van der Waals surface area contributed by atoms with Crippen molar-refractivity contribution in [2.45, 2.75) is 13.5 Å². The second kappa shape index (κ2) is 5.01. The van der Waals surface area contributed by atoms with Crippen LogP contribution in [0.5, 0.6) is 0 Å². The second-order valence-electron chi connectivity index (χ2n) is 3.73. The Morgan fingerprint density at radius 1 is 1.35 bits per heavy atom. The Balaban J connectivity index is 2.04. The van der Waals surface area contributed by atoms with Crippen LogP contribution < -0.4 is 10.4 Å². The van der Waals surface area contributed by atoms with E-state index in [1.165, 1.54) is 15.8 Å². The van der Waals surface area contributed by atoms with Gasteiger partial charge in [-0.3, -0.25) is 0 Å². The lowest BCUT2D eigenvalue weighted by molar-refractivity contribution is -0.255. The number of carbonyl (C=O) groups is 1. The van der Waals surface area contributed by atoms with Crippen LogP contribution in [0.4, 0.5) is 5.69 Å². The molecule has 0 atom stereocenters. The number of aryl methyl sites for hydroxylation is 1. The molecule has 0 unspecified atom stereocenters. The van der Waals surface area contributed by atoms with Gasteiger partial charge in [0, 0.05) is 22.0 Å². The highest BCUT2D eigenvalue weighted by Crippen LogP contribution is 2.17. The van der Waals surface area contributed by atoms with Gasteiger partial charge in [0.25, 0.3) is 0 Å². The van der Waals surface area contributed by atoms with Crippen LogP contribution in [-0.4, -0.2) is 5.97 Å². The average Bonchev–Trinajstić information content (AvgIpc) is 2.73. The van der Waals surface area contributed by atoms with Crippen molar-refractivity contribution in [3.05, 3.63) is 51.7 Å². The van der Waals surface area contributed by atoms with Crippen molar-refractivity contribution >= 4 is 23.0 Å². The number of nitrogens with one attached hydrogen (secondary N) is 1. The Morgan fingerprint density at radius 3 is 2.82 bits per heavy atom. The zero-order valence-electron chi connectivity index (χ0n) is 9.40. The molecule has 1 aromatic heterocycles. The van der Waals surface area contributed by atoms with Crippen LogP contribution in [0.2, 0.25) is 0 Å². The first-order valence-electron chi connectivity index (χ1n) is 5.26. The van der Waals surface area contributed by atoms with E-state index in [4.69, 9.17) is 0 Å². The van der Waals surface area contributed by atoms with Gasteiger partial charge in [0.05, 0.1) is 5.97 Å². The predicted octanol–water partition coefficient (Wildman–Crippen LogP) is 2.03. The molecule has 0 saturated heterocycles. The standard InChI is InChI=1S/C13H13NO2S/c1-9-5-6-12(17-9)8-14-11-4-2-3-10(7-11)13(15)16/h2-7,14H,8H2,1H3,(H,15,16)/p-1. The van der Waals surface area contributed by atoms with Gasteiger partial charge in [0.2, 0.25) is 0 Å². The van der Waals surface area contributed by atoms with Crippen LogP contribution in [0.3, 0.4) is 0 Å². The van der Waals surface area contributed by atoms with Gasteiger partial charge >= 0.3 is 0 Å². The fraction of sp³-hybridized carbons (Fsp3) is 0.154. The van der Waals surface area contributed by atoms with Gasteiger partial charge in [0.15, 0.2) is 0 Å². The van der Waals surface area contributed by atoms with Gasteiger partial charge in [-0.15, -0.1) is 11.3 Å². The first-order chi connectivity index (χ1) is 8.15. The number of carboxylic acids is 1. The minimum absolute atomic E-state index is 0.192. The van der Waals surface area contributed by atoms with Crippen LogP contribution in [-0.2, 0) is 6.54 Å². The molecule has 1 aromatic carbocycles. The van der Waals surface area contributed by atoms with Crippen molar-refractivity contribution < 1.29 is 9.90 Å². The summed E-state index contributed by atoms with van der Waals surface area (Å²) in [4.78, 5) is 13.2. The van der Waals surface area contributed by atoms with Crippen molar-refractivity contribution in [1.82, 2.24) is 0 Å². The van der Waals surface area contributed by atoms with E-state index in [9.17, 15) is 9.90 Å². The van der Waals surface area contributed by atoms with E-state index in [1.807, 2.05) is 6.07 Å². The summed E-state index contributed by atoms with van der Waals surface area (Å²) < 4.78 is 0. The maximum atomic E-state index is 10.7. The highest BCUT2D eigenvalue weighted by molar-refractivity contribution is 7.11. The number of anilines is 1. The summed E-state index contributed by atoms with van der Waals surface area (Å²) in [6.07, 6.45) is 0. The van der Waals surface area contributed by atoms with Crippen LogP contribution in [0.25, 0.3) is 0 Å². The Bertz CT molecular complexity index is 534. The maximum absolute atomic E-state index is 10.7. The third kappa shape index (κ3) is 3.07. The van der Waals surface area contributed by atoms with Crippen molar-refractivity contribution in [2.24, 2.45) is 0 Å². The normalized spacial score (nSPS) is 10.2. The van der Waals surface area contributed by atoms with Crippen LogP contribution in [0.1, 0.15) is 20.1 Å². The van der Waals surface area contributed by atoms with E-state index in [-0.39, 0.29) is 5.56 Å². The molecule has 4 heteroatoms. The molecule has 0 radical (unpaired) electrons. The molecule has 0 amide bonds. The summed E-state index contributed by atoms with van der Waals surface area (Å²) >= 11 is 1.73. The summed E-state index contributed by atoms with van der Waals surface area (Å²) in [5.74, 6) is -1.15. The van der Waals surface area contributed by atoms with E-state index in [0.29, 0.717) is 6.54 Å². The summed E-state index contributed by atoms with van der Waals surface area (Å²) in [6, 6.07) is 10.8. The highest BCUT2D eigenvalue weighted by atomic mass is 32.1. The summed E-state index contributed by atoms with van der Waals surface area (Å²) in [6.45, 7) is 2.76. The number of carboxylic acid groups (broad SMARTS) is 1. The number of benzene rings is 1. The van der Waals surface area contributed by atoms with Gasteiger partial charge in [-0.05, 0) is 36.8 Å². The molecule has 2 rings (SSSR count). The van der Waals surface area contributed by atoms with Crippen molar-refractivity contribution in [2.75, 3.05) is 5.32 Å². The lowest BCUT2D eigenvalue weighted by Crippen LogP contribution is -2.22. The SMILES string of the molecule is Cc1ccc(CNc2cccc(C(=O)[O-])c2)s1. The van der Waals surface area contributed by atoms with Crippen LogP contribution >= 0.6 is 11.3 Å². The molecule has 0 spiro atoms. The molecule has 0 aliphatic heterocycles. The molecular formula is C13H12NO2S-. The van der Waals surface area contributed by atoms with Crippen LogP contribution in [0, 0.1) is 6.92 Å². The van der Waals surface area contributed by atoms with Crippen molar-refractivity contribution in [3.8, 4) is 0 Å². The zero-order chi connectivity index (χ0) is 12.3. The molecule has 0 saturated carbocycles. The lowest BCUT2D eigenvalue weighted by Gasteiger charge is -2.07. The summed E-state index contributed by atoms with van der Waals surface area (Å²) in [7, 11) is 0. The topological polar surface area (TPSA) is 52.2 Å². The molecule has 1 heterocycles. The predicted molar refractivity (Wildman–Crippen MR) is 67.2 cm³/mol. The minimum Gasteiger partial charge on any atom is -0.545 e. The minimum atomic E-state index is -1.15. The Labute approximate surface area is 104 Å². The molecule has 0 fully saturated rings. The fourth-order valence-corrected chi connectivity index (χ4v) is 2.36. The van der Waals surface area contributed by atoms with E-state index in [2.05, 4.69) is 24.4 Å². The number of carbonyl (C=O) groups excluding carboxylic acids is 1. The molecule has 2 aromatic rings. The molecule has 1 N–H and O–H groups in total. The Kier molecular flexibility index (Phi) is 3.44. The van der Waals surface area contributed by atoms with Crippen molar-refractivity contribution in [1.29, 1.82) is 0 Å². The third-order valence-corrected chi connectivity index (χ3v) is 3.36. The molecular weight excluding hydrogens is 234 g/mol. The monoisotopic (exact) mass is 246 g/mol. The molecule has 0 aliphatic carbocycles. The number of thiophene rings is 1. The summed E-state index contributed by atoms with van der Waals surface area (Å²) in [5, 5.41) is 13.9.